The minimum Gasteiger partial charge on any atom is -0.497 e. The molecule has 32 heavy (non-hydrogen) atoms. The summed E-state index contributed by atoms with van der Waals surface area (Å²) in [5.41, 5.74) is 1.98. The van der Waals surface area contributed by atoms with E-state index in [-0.39, 0.29) is 17.9 Å². The maximum Gasteiger partial charge on any atom is 0.243 e. The summed E-state index contributed by atoms with van der Waals surface area (Å²) in [6.45, 7) is 3.57. The number of benzene rings is 2. The van der Waals surface area contributed by atoms with Crippen LogP contribution in [0.4, 0.5) is 0 Å². The Morgan fingerprint density at radius 1 is 1.12 bits per heavy atom. The molecule has 0 saturated carbocycles. The number of methoxy groups -OCH3 is 1. The van der Waals surface area contributed by atoms with E-state index in [1.165, 1.54) is 0 Å². The Labute approximate surface area is 190 Å². The topological polar surface area (TPSA) is 67.9 Å². The lowest BCUT2D eigenvalue weighted by Crippen LogP contribution is -2.51. The van der Waals surface area contributed by atoms with Crippen LogP contribution in [0.1, 0.15) is 43.7 Å². The molecule has 2 atom stereocenters. The van der Waals surface area contributed by atoms with Gasteiger partial charge in [-0.25, -0.2) is 0 Å². The summed E-state index contributed by atoms with van der Waals surface area (Å²) in [6.07, 6.45) is 3.62. The molecule has 0 aromatic heterocycles. The molecule has 1 N–H and O–H groups in total. The third-order valence-electron chi connectivity index (χ3n) is 5.77. The monoisotopic (exact) mass is 438 g/mol. The lowest BCUT2D eigenvalue weighted by Gasteiger charge is -2.32. The first kappa shape index (κ1) is 23.8. The Hall–Kier alpha value is -2.86. The lowest BCUT2D eigenvalue weighted by molar-refractivity contribution is -0.141. The zero-order valence-corrected chi connectivity index (χ0v) is 19.1. The van der Waals surface area contributed by atoms with Crippen LogP contribution in [-0.4, -0.2) is 49.1 Å². The molecule has 0 aliphatic carbocycles. The summed E-state index contributed by atoms with van der Waals surface area (Å²) < 4.78 is 10.9. The number of nitrogens with zero attached hydrogens (tertiary/aromatic N) is 1. The molecule has 1 aliphatic heterocycles. The second kappa shape index (κ2) is 12.2. The first-order valence-corrected chi connectivity index (χ1v) is 11.5. The van der Waals surface area contributed by atoms with E-state index in [1.54, 1.807) is 12.0 Å². The molecule has 2 aromatic rings. The van der Waals surface area contributed by atoms with E-state index in [0.29, 0.717) is 25.9 Å². The van der Waals surface area contributed by atoms with Crippen molar-refractivity contribution in [3.63, 3.8) is 0 Å². The van der Waals surface area contributed by atoms with Crippen LogP contribution in [0.5, 0.6) is 5.75 Å². The van der Waals surface area contributed by atoms with E-state index in [0.717, 1.165) is 42.7 Å². The van der Waals surface area contributed by atoms with E-state index in [9.17, 15) is 9.59 Å². The highest BCUT2D eigenvalue weighted by Crippen LogP contribution is 2.19. The molecule has 172 valence electrons. The first-order chi connectivity index (χ1) is 15.6. The molecule has 1 saturated heterocycles. The average molecular weight is 439 g/mol. The van der Waals surface area contributed by atoms with Gasteiger partial charge in [-0.15, -0.1) is 0 Å². The number of carbonyl (C=O) groups excluding carboxylic acids is 2. The third-order valence-corrected chi connectivity index (χ3v) is 5.77. The molecule has 0 bridgehead atoms. The summed E-state index contributed by atoms with van der Waals surface area (Å²) in [5, 5.41) is 3.05. The van der Waals surface area contributed by atoms with Crippen LogP contribution < -0.4 is 10.1 Å². The summed E-state index contributed by atoms with van der Waals surface area (Å²) in [5.74, 6) is 0.606. The summed E-state index contributed by atoms with van der Waals surface area (Å²) in [6, 6.07) is 16.9. The maximum absolute atomic E-state index is 13.4. The minimum atomic E-state index is -0.597. The number of ether oxygens (including phenoxy) is 2. The van der Waals surface area contributed by atoms with Gasteiger partial charge in [-0.2, -0.15) is 0 Å². The maximum atomic E-state index is 13.4. The number of nitrogens with one attached hydrogen (secondary N) is 1. The van der Waals surface area contributed by atoms with Gasteiger partial charge >= 0.3 is 0 Å². The summed E-state index contributed by atoms with van der Waals surface area (Å²) >= 11 is 0. The van der Waals surface area contributed by atoms with Crippen molar-refractivity contribution in [2.75, 3.05) is 20.3 Å². The van der Waals surface area contributed by atoms with E-state index in [2.05, 4.69) is 5.32 Å². The largest absolute Gasteiger partial charge is 0.497 e. The molecule has 6 heteroatoms. The van der Waals surface area contributed by atoms with Gasteiger partial charge in [-0.3, -0.25) is 9.59 Å². The predicted octanol–water partition coefficient (Wildman–Crippen LogP) is 3.73. The van der Waals surface area contributed by atoms with Crippen molar-refractivity contribution in [1.82, 2.24) is 10.2 Å². The Morgan fingerprint density at radius 3 is 2.50 bits per heavy atom. The van der Waals surface area contributed by atoms with Crippen LogP contribution >= 0.6 is 0 Å². The fraction of sp³-hybridized carbons (Fsp3) is 0.462. The lowest BCUT2D eigenvalue weighted by atomic mass is 10.0. The van der Waals surface area contributed by atoms with Crippen molar-refractivity contribution in [2.24, 2.45) is 0 Å². The number of carbonyl (C=O) groups is 2. The Balaban J connectivity index is 1.83. The highest BCUT2D eigenvalue weighted by atomic mass is 16.5. The molecule has 0 unspecified atom stereocenters. The normalized spacial score (nSPS) is 16.4. The quantitative estimate of drug-likeness (QED) is 0.581. The molecule has 3 rings (SSSR count). The van der Waals surface area contributed by atoms with Crippen LogP contribution in [0.25, 0.3) is 0 Å². The predicted molar refractivity (Wildman–Crippen MR) is 124 cm³/mol. The van der Waals surface area contributed by atoms with E-state index in [1.807, 2.05) is 61.5 Å². The number of amides is 2. The number of hydrogen-bond acceptors (Lipinski definition) is 4. The van der Waals surface area contributed by atoms with Gasteiger partial charge in [0.15, 0.2) is 0 Å². The fourth-order valence-corrected chi connectivity index (χ4v) is 3.98. The van der Waals surface area contributed by atoms with Crippen molar-refractivity contribution in [3.8, 4) is 5.75 Å². The molecule has 2 amide bonds. The molecular weight excluding hydrogens is 404 g/mol. The van der Waals surface area contributed by atoms with Crippen molar-refractivity contribution in [3.05, 3.63) is 65.7 Å². The molecule has 1 aliphatic rings. The molecule has 0 spiro atoms. The van der Waals surface area contributed by atoms with E-state index >= 15 is 0 Å². The van der Waals surface area contributed by atoms with Gasteiger partial charge in [0.1, 0.15) is 11.8 Å². The third kappa shape index (κ3) is 6.82. The van der Waals surface area contributed by atoms with E-state index in [4.69, 9.17) is 9.47 Å². The van der Waals surface area contributed by atoms with Crippen LogP contribution in [0.15, 0.2) is 54.6 Å². The number of rotatable bonds is 11. The number of hydrogen-bond donors (Lipinski definition) is 1. The van der Waals surface area contributed by atoms with Gasteiger partial charge in [0.05, 0.1) is 13.2 Å². The summed E-state index contributed by atoms with van der Waals surface area (Å²) in [7, 11) is 1.63. The van der Waals surface area contributed by atoms with Gasteiger partial charge < -0.3 is 19.7 Å². The first-order valence-electron chi connectivity index (χ1n) is 11.5. The van der Waals surface area contributed by atoms with Crippen LogP contribution in [0.2, 0.25) is 0 Å². The van der Waals surface area contributed by atoms with Gasteiger partial charge in [-0.1, -0.05) is 49.4 Å². The minimum absolute atomic E-state index is 0.0171. The van der Waals surface area contributed by atoms with Crippen molar-refractivity contribution in [2.45, 2.75) is 57.7 Å². The zero-order valence-electron chi connectivity index (χ0n) is 19.1. The fourth-order valence-electron chi connectivity index (χ4n) is 3.98. The molecule has 1 fully saturated rings. The second-order valence-electron chi connectivity index (χ2n) is 8.21. The van der Waals surface area contributed by atoms with Gasteiger partial charge in [-0.05, 0) is 42.5 Å². The van der Waals surface area contributed by atoms with Crippen molar-refractivity contribution >= 4 is 11.8 Å². The van der Waals surface area contributed by atoms with Gasteiger partial charge in [0.2, 0.25) is 11.8 Å². The summed E-state index contributed by atoms with van der Waals surface area (Å²) in [4.78, 5) is 28.3. The molecular formula is C26H34N2O4. The molecule has 6 nitrogen and oxygen atoms in total. The van der Waals surface area contributed by atoms with Gasteiger partial charge in [0.25, 0.3) is 0 Å². The molecule has 0 radical (unpaired) electrons. The van der Waals surface area contributed by atoms with Crippen LogP contribution in [0.3, 0.4) is 0 Å². The van der Waals surface area contributed by atoms with Crippen molar-refractivity contribution in [1.29, 1.82) is 0 Å². The standard InChI is InChI=1S/C26H34N2O4/c1-3-8-25(29)28(19-21-12-14-22(31-2)15-13-21)24(17-20-9-5-4-6-10-20)26(30)27-18-23-11-7-16-32-23/h4-6,9-10,12-15,23-24H,3,7-8,11,16-19H2,1-2H3,(H,27,30)/t23-,24-/m1/s1. The smallest absolute Gasteiger partial charge is 0.243 e. The van der Waals surface area contributed by atoms with Crippen LogP contribution in [-0.2, 0) is 27.3 Å². The van der Waals surface area contributed by atoms with E-state index < -0.39 is 6.04 Å². The highest BCUT2D eigenvalue weighted by molar-refractivity contribution is 5.88. The average Bonchev–Trinajstić information content (AvgIpc) is 3.35. The van der Waals surface area contributed by atoms with Crippen molar-refractivity contribution < 1.29 is 19.1 Å². The Morgan fingerprint density at radius 2 is 1.88 bits per heavy atom. The Kier molecular flexibility index (Phi) is 9.11. The zero-order chi connectivity index (χ0) is 22.8. The van der Waals surface area contributed by atoms with Gasteiger partial charge in [0, 0.05) is 32.5 Å². The molecule has 1 heterocycles. The SMILES string of the molecule is CCCC(=O)N(Cc1ccc(OC)cc1)[C@H](Cc1ccccc1)C(=O)NC[C@H]1CCCO1. The molecule has 2 aromatic carbocycles. The second-order valence-corrected chi connectivity index (χ2v) is 8.21. The highest BCUT2D eigenvalue weighted by Gasteiger charge is 2.30. The Bertz CT molecular complexity index is 848. The van der Waals surface area contributed by atoms with Crippen LogP contribution in [0, 0.1) is 0 Å².